The fraction of sp³-hybridized carbons (Fsp3) is 0.286. The van der Waals surface area contributed by atoms with Gasteiger partial charge < -0.3 is 19.7 Å². The Hall–Kier alpha value is -4.20. The number of hydrogen-bond acceptors (Lipinski definition) is 6. The maximum absolute atomic E-state index is 12.7. The Kier molecular flexibility index (Phi) is 8.28. The van der Waals surface area contributed by atoms with E-state index < -0.39 is 5.91 Å². The number of amides is 2. The van der Waals surface area contributed by atoms with Crippen molar-refractivity contribution in [2.45, 2.75) is 26.4 Å². The van der Waals surface area contributed by atoms with Gasteiger partial charge in [0.15, 0.2) is 18.1 Å². The highest BCUT2D eigenvalue weighted by Crippen LogP contribution is 2.32. The first kappa shape index (κ1) is 24.9. The molecule has 0 bridgehead atoms. The van der Waals surface area contributed by atoms with Crippen LogP contribution in [0.1, 0.15) is 35.7 Å². The predicted molar refractivity (Wildman–Crippen MR) is 138 cm³/mol. The highest BCUT2D eigenvalue weighted by atomic mass is 16.5. The Morgan fingerprint density at radius 3 is 2.47 bits per heavy atom. The summed E-state index contributed by atoms with van der Waals surface area (Å²) in [6.45, 7) is 3.73. The van der Waals surface area contributed by atoms with Crippen molar-refractivity contribution >= 4 is 23.2 Å². The number of likely N-dealkylation sites (tertiary alicyclic amines) is 1. The molecule has 1 fully saturated rings. The lowest BCUT2D eigenvalue weighted by molar-refractivity contribution is -0.118. The summed E-state index contributed by atoms with van der Waals surface area (Å²) in [5.41, 5.74) is 2.29. The summed E-state index contributed by atoms with van der Waals surface area (Å²) in [6.07, 6.45) is 2.12. The number of anilines is 1. The number of nitrogens with zero attached hydrogens (tertiary/aromatic N) is 2. The van der Waals surface area contributed by atoms with Gasteiger partial charge in [-0.1, -0.05) is 43.7 Å². The Morgan fingerprint density at radius 1 is 1.00 bits per heavy atom. The number of ether oxygens (including phenoxy) is 2. The van der Waals surface area contributed by atoms with Crippen LogP contribution in [-0.2, 0) is 11.4 Å². The molecule has 1 aliphatic rings. The second-order valence-corrected chi connectivity index (χ2v) is 8.72. The summed E-state index contributed by atoms with van der Waals surface area (Å²) in [5, 5.41) is 5.68. The van der Waals surface area contributed by atoms with Crippen LogP contribution in [0.25, 0.3) is 0 Å². The van der Waals surface area contributed by atoms with E-state index in [1.165, 1.54) is 12.1 Å². The number of nitrogens with one attached hydrogen (secondary N) is 1. The smallest absolute Gasteiger partial charge is 0.262 e. The number of hydrogen-bond donors (Lipinski definition) is 1. The van der Waals surface area contributed by atoms with E-state index in [2.05, 4.69) is 17.4 Å². The third kappa shape index (κ3) is 6.47. The number of carbonyl (C=O) groups is 2. The van der Waals surface area contributed by atoms with Gasteiger partial charge in [0.2, 0.25) is 0 Å². The topological polar surface area (TPSA) is 97.3 Å². The largest absolute Gasteiger partial charge is 0.485 e. The SMILES string of the molecule is CCC1CCN(C(=O)c2ccc(NC(=O)COc3cc(N=O)ccc3OCc3ccccc3)cc2)C1. The molecule has 1 heterocycles. The van der Waals surface area contributed by atoms with Crippen LogP contribution in [0.4, 0.5) is 11.4 Å². The molecule has 0 spiro atoms. The minimum absolute atomic E-state index is 0.0128. The molecule has 3 aromatic rings. The lowest BCUT2D eigenvalue weighted by atomic mass is 10.1. The first-order valence-electron chi connectivity index (χ1n) is 12.0. The molecule has 1 N–H and O–H groups in total. The molecule has 4 rings (SSSR count). The van der Waals surface area contributed by atoms with Gasteiger partial charge in [0.1, 0.15) is 12.3 Å². The quantitative estimate of drug-likeness (QED) is 0.378. The second kappa shape index (κ2) is 12.0. The van der Waals surface area contributed by atoms with Crippen LogP contribution in [0.3, 0.4) is 0 Å². The summed E-state index contributed by atoms with van der Waals surface area (Å²) in [4.78, 5) is 38.0. The molecular formula is C28H29N3O5. The number of carbonyl (C=O) groups excluding carboxylic acids is 2. The zero-order chi connectivity index (χ0) is 25.3. The second-order valence-electron chi connectivity index (χ2n) is 8.72. The van der Waals surface area contributed by atoms with Crippen LogP contribution < -0.4 is 14.8 Å². The van der Waals surface area contributed by atoms with Gasteiger partial charge in [-0.2, -0.15) is 0 Å². The average Bonchev–Trinajstić information content (AvgIpc) is 3.41. The molecule has 1 atom stereocenters. The number of nitroso groups, excluding NO2 is 1. The van der Waals surface area contributed by atoms with Crippen LogP contribution in [-0.4, -0.2) is 36.4 Å². The van der Waals surface area contributed by atoms with E-state index in [9.17, 15) is 14.5 Å². The van der Waals surface area contributed by atoms with Crippen molar-refractivity contribution < 1.29 is 19.1 Å². The van der Waals surface area contributed by atoms with Crippen molar-refractivity contribution in [2.24, 2.45) is 11.1 Å². The third-order valence-electron chi connectivity index (χ3n) is 6.19. The molecule has 3 aromatic carbocycles. The molecule has 0 aliphatic carbocycles. The third-order valence-corrected chi connectivity index (χ3v) is 6.19. The summed E-state index contributed by atoms with van der Waals surface area (Å²) in [7, 11) is 0. The van der Waals surface area contributed by atoms with E-state index in [1.54, 1.807) is 30.3 Å². The van der Waals surface area contributed by atoms with Crippen LogP contribution in [0.2, 0.25) is 0 Å². The Balaban J connectivity index is 1.33. The van der Waals surface area contributed by atoms with Crippen molar-refractivity contribution in [3.63, 3.8) is 0 Å². The Bertz CT molecular complexity index is 1200. The highest BCUT2D eigenvalue weighted by molar-refractivity contribution is 5.96. The highest BCUT2D eigenvalue weighted by Gasteiger charge is 2.25. The van der Waals surface area contributed by atoms with E-state index in [1.807, 2.05) is 35.2 Å². The molecular weight excluding hydrogens is 458 g/mol. The summed E-state index contributed by atoms with van der Waals surface area (Å²) < 4.78 is 11.5. The van der Waals surface area contributed by atoms with E-state index in [0.29, 0.717) is 29.5 Å². The van der Waals surface area contributed by atoms with Crippen LogP contribution >= 0.6 is 0 Å². The zero-order valence-electron chi connectivity index (χ0n) is 20.2. The predicted octanol–water partition coefficient (Wildman–Crippen LogP) is 5.55. The van der Waals surface area contributed by atoms with Gasteiger partial charge in [0.25, 0.3) is 11.8 Å². The zero-order valence-corrected chi connectivity index (χ0v) is 20.2. The Labute approximate surface area is 210 Å². The molecule has 1 unspecified atom stereocenters. The van der Waals surface area contributed by atoms with Crippen molar-refractivity contribution in [3.05, 3.63) is 88.8 Å². The molecule has 1 saturated heterocycles. The summed E-state index contributed by atoms with van der Waals surface area (Å²) in [6, 6.07) is 21.0. The van der Waals surface area contributed by atoms with E-state index in [4.69, 9.17) is 9.47 Å². The monoisotopic (exact) mass is 487 g/mol. The normalized spacial score (nSPS) is 14.8. The van der Waals surface area contributed by atoms with Gasteiger partial charge >= 0.3 is 0 Å². The molecule has 186 valence electrons. The standard InChI is InChI=1S/C28H29N3O5/c1-2-20-14-15-31(17-20)28(33)22-8-10-23(11-9-22)29-27(32)19-36-26-16-24(30-34)12-13-25(26)35-18-21-6-4-3-5-7-21/h3-13,16,20H,2,14-15,17-19H2,1H3,(H,29,32). The fourth-order valence-electron chi connectivity index (χ4n) is 4.09. The first-order valence-corrected chi connectivity index (χ1v) is 12.0. The minimum Gasteiger partial charge on any atom is -0.485 e. The van der Waals surface area contributed by atoms with E-state index in [0.717, 1.165) is 31.5 Å². The number of rotatable bonds is 10. The average molecular weight is 488 g/mol. The van der Waals surface area contributed by atoms with Crippen LogP contribution in [0.5, 0.6) is 11.5 Å². The van der Waals surface area contributed by atoms with Crippen molar-refractivity contribution in [3.8, 4) is 11.5 Å². The van der Waals surface area contributed by atoms with Crippen LogP contribution in [0.15, 0.2) is 78.0 Å². The Morgan fingerprint density at radius 2 is 1.78 bits per heavy atom. The van der Waals surface area contributed by atoms with Crippen molar-refractivity contribution in [2.75, 3.05) is 25.0 Å². The molecule has 0 saturated carbocycles. The number of benzene rings is 3. The molecule has 2 amide bonds. The summed E-state index contributed by atoms with van der Waals surface area (Å²) >= 11 is 0. The van der Waals surface area contributed by atoms with Gasteiger partial charge in [-0.15, -0.1) is 4.91 Å². The van der Waals surface area contributed by atoms with E-state index in [-0.39, 0.29) is 24.0 Å². The van der Waals surface area contributed by atoms with Crippen molar-refractivity contribution in [1.82, 2.24) is 4.90 Å². The minimum atomic E-state index is -0.391. The lowest BCUT2D eigenvalue weighted by Gasteiger charge is -2.16. The molecule has 8 nitrogen and oxygen atoms in total. The van der Waals surface area contributed by atoms with Gasteiger partial charge in [0, 0.05) is 30.4 Å². The van der Waals surface area contributed by atoms with Gasteiger partial charge in [-0.25, -0.2) is 0 Å². The molecule has 0 radical (unpaired) electrons. The molecule has 36 heavy (non-hydrogen) atoms. The van der Waals surface area contributed by atoms with Gasteiger partial charge in [-0.3, -0.25) is 9.59 Å². The maximum atomic E-state index is 12.7. The molecule has 1 aliphatic heterocycles. The van der Waals surface area contributed by atoms with E-state index >= 15 is 0 Å². The van der Waals surface area contributed by atoms with Crippen LogP contribution in [0, 0.1) is 10.8 Å². The lowest BCUT2D eigenvalue weighted by Crippen LogP contribution is -2.28. The first-order chi connectivity index (χ1) is 17.6. The summed E-state index contributed by atoms with van der Waals surface area (Å²) in [5.74, 6) is 0.834. The maximum Gasteiger partial charge on any atom is 0.262 e. The molecule has 8 heteroatoms. The molecule has 0 aromatic heterocycles. The van der Waals surface area contributed by atoms with Gasteiger partial charge in [-0.05, 0) is 59.5 Å². The van der Waals surface area contributed by atoms with Crippen molar-refractivity contribution in [1.29, 1.82) is 0 Å². The van der Waals surface area contributed by atoms with Gasteiger partial charge in [0.05, 0.1) is 0 Å². The fourth-order valence-corrected chi connectivity index (χ4v) is 4.09.